The molecule has 2 fully saturated rings. The summed E-state index contributed by atoms with van der Waals surface area (Å²) in [7, 11) is -0.967. The summed E-state index contributed by atoms with van der Waals surface area (Å²) in [6.45, 7) is 18.6. The lowest BCUT2D eigenvalue weighted by atomic mass is 9.77. The molecule has 2 saturated heterocycles. The van der Waals surface area contributed by atoms with Crippen LogP contribution in [0.3, 0.4) is 0 Å². The summed E-state index contributed by atoms with van der Waals surface area (Å²) in [6.07, 6.45) is 3.02. The van der Waals surface area contributed by atoms with Gasteiger partial charge in [0.2, 0.25) is 0 Å². The first kappa shape index (κ1) is 23.2. The molecule has 0 bridgehead atoms. The zero-order chi connectivity index (χ0) is 21.5. The van der Waals surface area contributed by atoms with Crippen molar-refractivity contribution < 1.29 is 23.2 Å². The van der Waals surface area contributed by atoms with Crippen molar-refractivity contribution in [2.24, 2.45) is 11.3 Å². The molecule has 0 spiro atoms. The van der Waals surface area contributed by atoms with Crippen LogP contribution in [0.4, 0.5) is 9.18 Å². The van der Waals surface area contributed by atoms with Gasteiger partial charge in [-0.3, -0.25) is 0 Å². The van der Waals surface area contributed by atoms with Gasteiger partial charge in [-0.2, -0.15) is 0 Å². The quantitative estimate of drug-likeness (QED) is 0.616. The number of halogens is 1. The van der Waals surface area contributed by atoms with E-state index in [0.717, 1.165) is 12.8 Å². The molecule has 0 aromatic rings. The summed E-state index contributed by atoms with van der Waals surface area (Å²) in [5, 5.41) is 0. The molecule has 0 N–H and O–H groups in total. The molecule has 28 heavy (non-hydrogen) atoms. The Morgan fingerprint density at radius 2 is 1.71 bits per heavy atom. The molecule has 160 valence electrons. The summed E-state index contributed by atoms with van der Waals surface area (Å²) in [5.74, 6) is 0.310. The number of hydrogen-bond donors (Lipinski definition) is 0. The number of ether oxygens (including phenoxy) is 1. The maximum absolute atomic E-state index is 14.9. The van der Waals surface area contributed by atoms with Crippen LogP contribution < -0.4 is 0 Å². The highest BCUT2D eigenvalue weighted by Crippen LogP contribution is 2.40. The molecule has 0 aromatic carbocycles. The van der Waals surface area contributed by atoms with E-state index < -0.39 is 23.9 Å². The lowest BCUT2D eigenvalue weighted by Gasteiger charge is -2.32. The van der Waals surface area contributed by atoms with Crippen molar-refractivity contribution in [1.82, 2.24) is 4.90 Å². The Labute approximate surface area is 170 Å². The average Bonchev–Trinajstić information content (AvgIpc) is 2.99. The van der Waals surface area contributed by atoms with Crippen LogP contribution in [0.2, 0.25) is 0 Å². The van der Waals surface area contributed by atoms with E-state index in [1.54, 1.807) is 11.0 Å². The van der Waals surface area contributed by atoms with E-state index in [9.17, 15) is 9.18 Å². The minimum atomic E-state index is -0.967. The molecule has 2 aliphatic rings. The fourth-order valence-corrected chi connectivity index (χ4v) is 3.69. The molecule has 7 heteroatoms. The second kappa shape index (κ2) is 7.64. The van der Waals surface area contributed by atoms with Crippen molar-refractivity contribution in [1.29, 1.82) is 0 Å². The number of carbonyl (C=O) groups excluding carboxylic acids is 1. The molecule has 1 unspecified atom stereocenters. The molecule has 0 saturated carbocycles. The van der Waals surface area contributed by atoms with E-state index in [4.69, 9.17) is 14.0 Å². The van der Waals surface area contributed by atoms with E-state index in [1.165, 1.54) is 0 Å². The summed E-state index contributed by atoms with van der Waals surface area (Å²) >= 11 is 0. The van der Waals surface area contributed by atoms with Crippen LogP contribution in [0.1, 0.15) is 75.2 Å². The van der Waals surface area contributed by atoms with Gasteiger partial charge in [-0.05, 0) is 72.6 Å². The number of amides is 1. The van der Waals surface area contributed by atoms with Gasteiger partial charge in [0.05, 0.1) is 11.2 Å². The Bertz CT molecular complexity index is 608. The highest BCUT2D eigenvalue weighted by atomic mass is 19.1. The predicted octanol–water partition coefficient (Wildman–Crippen LogP) is 5.14. The largest absolute Gasteiger partial charge is 0.524 e. The highest BCUT2D eigenvalue weighted by molar-refractivity contribution is 6.53. The number of hydrogen-bond acceptors (Lipinski definition) is 4. The van der Waals surface area contributed by atoms with Crippen molar-refractivity contribution in [2.75, 3.05) is 13.1 Å². The van der Waals surface area contributed by atoms with Crippen LogP contribution in [0.5, 0.6) is 0 Å². The van der Waals surface area contributed by atoms with Gasteiger partial charge in [-0.25, -0.2) is 9.18 Å². The molecular formula is C21H37BFNO4. The Hall–Kier alpha value is -1.08. The first-order valence-electron chi connectivity index (χ1n) is 10.2. The van der Waals surface area contributed by atoms with Crippen LogP contribution >= 0.6 is 0 Å². The smallest absolute Gasteiger partial charge is 0.444 e. The normalized spacial score (nSPS) is 25.4. The maximum atomic E-state index is 14.9. The van der Waals surface area contributed by atoms with Crippen LogP contribution in [-0.2, 0) is 14.0 Å². The van der Waals surface area contributed by atoms with Gasteiger partial charge in [-0.15, -0.1) is 0 Å². The summed E-state index contributed by atoms with van der Waals surface area (Å²) in [6, 6.07) is 0. The number of carbonyl (C=O) groups is 1. The van der Waals surface area contributed by atoms with Crippen molar-refractivity contribution in [2.45, 2.75) is 92.0 Å². The monoisotopic (exact) mass is 397 g/mol. The van der Waals surface area contributed by atoms with Crippen molar-refractivity contribution in [3.05, 3.63) is 11.8 Å². The number of rotatable bonds is 4. The van der Waals surface area contributed by atoms with Crippen molar-refractivity contribution in [3.63, 3.8) is 0 Å². The van der Waals surface area contributed by atoms with Crippen molar-refractivity contribution >= 4 is 13.2 Å². The zero-order valence-electron chi connectivity index (χ0n) is 19.0. The summed E-state index contributed by atoms with van der Waals surface area (Å²) in [4.78, 5) is 14.0. The third kappa shape index (κ3) is 5.72. The van der Waals surface area contributed by atoms with E-state index >= 15 is 0 Å². The van der Waals surface area contributed by atoms with Crippen molar-refractivity contribution in [3.8, 4) is 0 Å². The van der Waals surface area contributed by atoms with E-state index in [2.05, 4.69) is 0 Å². The molecule has 0 radical (unpaired) electrons. The van der Waals surface area contributed by atoms with Gasteiger partial charge in [0.25, 0.3) is 0 Å². The van der Waals surface area contributed by atoms with Crippen LogP contribution in [-0.4, -0.2) is 48.0 Å². The van der Waals surface area contributed by atoms with Crippen LogP contribution in [0.25, 0.3) is 0 Å². The molecular weight excluding hydrogens is 360 g/mol. The van der Waals surface area contributed by atoms with Gasteiger partial charge < -0.3 is 18.9 Å². The molecule has 2 heterocycles. The Balaban J connectivity index is 1.95. The van der Waals surface area contributed by atoms with Gasteiger partial charge in [0.15, 0.2) is 0 Å². The fourth-order valence-electron chi connectivity index (χ4n) is 3.69. The summed E-state index contributed by atoms with van der Waals surface area (Å²) < 4.78 is 31.9. The Kier molecular flexibility index (Phi) is 6.33. The minimum absolute atomic E-state index is 0.272. The van der Waals surface area contributed by atoms with E-state index in [0.29, 0.717) is 19.0 Å². The number of nitrogens with zero attached hydrogens (tertiary/aromatic N) is 1. The van der Waals surface area contributed by atoms with Gasteiger partial charge >= 0.3 is 13.2 Å². The second-order valence-corrected chi connectivity index (χ2v) is 10.9. The van der Waals surface area contributed by atoms with Crippen LogP contribution in [0, 0.1) is 11.3 Å². The van der Waals surface area contributed by atoms with Gasteiger partial charge in [0, 0.05) is 13.1 Å². The zero-order valence-corrected chi connectivity index (χ0v) is 19.0. The SMILES string of the molecule is CC(C)(C=C(F)B1OC(C)(C)C(C)(C)O1)CC1CCN(C(=O)OC(C)(C)C)C1. The third-order valence-corrected chi connectivity index (χ3v) is 5.76. The molecule has 2 aliphatic heterocycles. The lowest BCUT2D eigenvalue weighted by Crippen LogP contribution is -2.41. The maximum Gasteiger partial charge on any atom is 0.524 e. The third-order valence-electron chi connectivity index (χ3n) is 5.76. The standard InChI is InChI=1S/C21H37BFNO4/c1-18(2,3)26-17(25)24-11-10-15(14-24)12-19(4,5)13-16(23)22-27-20(6,7)21(8,9)28-22/h13,15H,10-12,14H2,1-9H3. The van der Waals surface area contributed by atoms with Gasteiger partial charge in [0.1, 0.15) is 11.3 Å². The summed E-state index contributed by atoms with van der Waals surface area (Å²) in [5.41, 5.74) is -2.38. The lowest BCUT2D eigenvalue weighted by molar-refractivity contribution is 0.00578. The highest BCUT2D eigenvalue weighted by Gasteiger charge is 2.53. The topological polar surface area (TPSA) is 48.0 Å². The number of allylic oxidation sites excluding steroid dienone is 1. The van der Waals surface area contributed by atoms with E-state index in [1.807, 2.05) is 62.3 Å². The molecule has 1 atom stereocenters. The Morgan fingerprint density at radius 1 is 1.18 bits per heavy atom. The second-order valence-electron chi connectivity index (χ2n) is 10.9. The van der Waals surface area contributed by atoms with E-state index in [-0.39, 0.29) is 17.2 Å². The van der Waals surface area contributed by atoms with Gasteiger partial charge in [-0.1, -0.05) is 19.9 Å². The molecule has 2 rings (SSSR count). The predicted molar refractivity (Wildman–Crippen MR) is 110 cm³/mol. The first-order chi connectivity index (χ1) is 12.5. The molecule has 0 aliphatic carbocycles. The first-order valence-corrected chi connectivity index (χ1v) is 10.2. The van der Waals surface area contributed by atoms with Crippen LogP contribution in [0.15, 0.2) is 11.8 Å². The molecule has 1 amide bonds. The molecule has 5 nitrogen and oxygen atoms in total. The number of likely N-dealkylation sites (tertiary alicyclic amines) is 1. The Morgan fingerprint density at radius 3 is 2.21 bits per heavy atom. The minimum Gasteiger partial charge on any atom is -0.444 e. The average molecular weight is 397 g/mol. The molecule has 0 aromatic heterocycles. The fraction of sp³-hybridized carbons (Fsp3) is 0.857.